The second-order valence-corrected chi connectivity index (χ2v) is 9.01. The van der Waals surface area contributed by atoms with Gasteiger partial charge in [-0.1, -0.05) is 54.2 Å². The summed E-state index contributed by atoms with van der Waals surface area (Å²) in [4.78, 5) is 31.9. The molecule has 0 radical (unpaired) electrons. The number of carbonyl (C=O) groups is 2. The van der Waals surface area contributed by atoms with Gasteiger partial charge in [0.2, 0.25) is 11.8 Å². The zero-order chi connectivity index (χ0) is 21.4. The summed E-state index contributed by atoms with van der Waals surface area (Å²) in [6.07, 6.45) is 4.47. The van der Waals surface area contributed by atoms with Gasteiger partial charge in [-0.25, -0.2) is 4.98 Å². The molecule has 2 amide bonds. The third-order valence-electron chi connectivity index (χ3n) is 5.70. The number of nitrogens with one attached hydrogen (secondary N) is 1. The van der Waals surface area contributed by atoms with Crippen LogP contribution in [0.4, 0.5) is 11.4 Å². The van der Waals surface area contributed by atoms with Crippen LogP contribution in [0.2, 0.25) is 0 Å². The zero-order valence-electron chi connectivity index (χ0n) is 17.3. The van der Waals surface area contributed by atoms with Crippen LogP contribution in [-0.4, -0.2) is 33.2 Å². The van der Waals surface area contributed by atoms with Gasteiger partial charge in [-0.2, -0.15) is 0 Å². The van der Waals surface area contributed by atoms with E-state index in [1.807, 2.05) is 55.6 Å². The lowest BCUT2D eigenvalue weighted by atomic mass is 10.2. The molecule has 2 aliphatic rings. The lowest BCUT2D eigenvalue weighted by molar-refractivity contribution is -0.117. The van der Waals surface area contributed by atoms with Gasteiger partial charge in [-0.3, -0.25) is 9.59 Å². The number of amides is 2. The van der Waals surface area contributed by atoms with Crippen molar-refractivity contribution in [2.45, 2.75) is 43.4 Å². The fourth-order valence-electron chi connectivity index (χ4n) is 4.12. The van der Waals surface area contributed by atoms with Gasteiger partial charge in [0, 0.05) is 18.5 Å². The van der Waals surface area contributed by atoms with Crippen LogP contribution < -0.4 is 10.2 Å². The molecule has 1 atom stereocenters. The number of hydrogen-bond donors (Lipinski definition) is 1. The van der Waals surface area contributed by atoms with Crippen LogP contribution in [0.15, 0.2) is 66.0 Å². The number of rotatable bonds is 5. The van der Waals surface area contributed by atoms with E-state index < -0.39 is 0 Å². The number of para-hydroxylation sites is 2. The Hall–Kier alpha value is -3.06. The van der Waals surface area contributed by atoms with Crippen molar-refractivity contribution in [3.63, 3.8) is 0 Å². The summed E-state index contributed by atoms with van der Waals surface area (Å²) in [5, 5.41) is 3.78. The van der Waals surface area contributed by atoms with Gasteiger partial charge in [0.05, 0.1) is 29.0 Å². The summed E-state index contributed by atoms with van der Waals surface area (Å²) < 4.78 is 2.28. The molecule has 2 aromatic carbocycles. The van der Waals surface area contributed by atoms with Crippen molar-refractivity contribution >= 4 is 35.0 Å². The van der Waals surface area contributed by atoms with E-state index in [0.29, 0.717) is 11.7 Å². The summed E-state index contributed by atoms with van der Waals surface area (Å²) in [5.74, 6) is 0.179. The monoisotopic (exact) mass is 432 g/mol. The average Bonchev–Trinajstić information content (AvgIpc) is 3.54. The Kier molecular flexibility index (Phi) is 5.28. The molecular formula is C24H24N4O2S. The Morgan fingerprint density at radius 3 is 2.65 bits per heavy atom. The standard InChI is InChI=1S/C24H24N4O2S/c1-16-13-22(29)26-19-9-5-6-10-20(19)27(16)23(30)15-31-24-25-14-21(28(24)18-11-12-18)17-7-3-2-4-8-17/h2-10,14,16,18H,11-13,15H2,1H3,(H,26,29)/t16-/m1/s1. The maximum absolute atomic E-state index is 13.3. The van der Waals surface area contributed by atoms with Crippen LogP contribution in [-0.2, 0) is 9.59 Å². The van der Waals surface area contributed by atoms with Crippen molar-refractivity contribution in [2.24, 2.45) is 0 Å². The van der Waals surface area contributed by atoms with E-state index in [9.17, 15) is 9.59 Å². The molecular weight excluding hydrogens is 408 g/mol. The largest absolute Gasteiger partial charge is 0.324 e. The molecule has 3 aromatic rings. The van der Waals surface area contributed by atoms with Gasteiger partial charge < -0.3 is 14.8 Å². The lowest BCUT2D eigenvalue weighted by Crippen LogP contribution is -2.40. The van der Waals surface area contributed by atoms with Gasteiger partial charge in [0.25, 0.3) is 0 Å². The highest BCUT2D eigenvalue weighted by Crippen LogP contribution is 2.42. The molecule has 1 aromatic heterocycles. The minimum Gasteiger partial charge on any atom is -0.324 e. The zero-order valence-corrected chi connectivity index (χ0v) is 18.1. The molecule has 1 saturated carbocycles. The van der Waals surface area contributed by atoms with Gasteiger partial charge in [-0.15, -0.1) is 0 Å². The van der Waals surface area contributed by atoms with Crippen molar-refractivity contribution in [1.82, 2.24) is 9.55 Å². The number of aromatic nitrogens is 2. The van der Waals surface area contributed by atoms with Crippen LogP contribution in [0.25, 0.3) is 11.3 Å². The van der Waals surface area contributed by atoms with Crippen LogP contribution >= 0.6 is 11.8 Å². The molecule has 0 bridgehead atoms. The highest BCUT2D eigenvalue weighted by molar-refractivity contribution is 7.99. The van der Waals surface area contributed by atoms with Gasteiger partial charge >= 0.3 is 0 Å². The van der Waals surface area contributed by atoms with E-state index in [0.717, 1.165) is 34.9 Å². The van der Waals surface area contributed by atoms with E-state index >= 15 is 0 Å². The average molecular weight is 433 g/mol. The number of anilines is 2. The van der Waals surface area contributed by atoms with Crippen molar-refractivity contribution in [1.29, 1.82) is 0 Å². The quantitative estimate of drug-likeness (QED) is 0.592. The molecule has 7 heteroatoms. The van der Waals surface area contributed by atoms with Gasteiger partial charge in [-0.05, 0) is 37.5 Å². The first-order chi connectivity index (χ1) is 15.1. The molecule has 1 aliphatic carbocycles. The lowest BCUT2D eigenvalue weighted by Gasteiger charge is -2.27. The van der Waals surface area contributed by atoms with E-state index in [4.69, 9.17) is 0 Å². The normalized spacial score (nSPS) is 18.3. The number of thioether (sulfide) groups is 1. The molecule has 0 unspecified atom stereocenters. The number of carbonyl (C=O) groups excluding carboxylic acids is 2. The fraction of sp³-hybridized carbons (Fsp3) is 0.292. The molecule has 5 rings (SSSR count). The van der Waals surface area contributed by atoms with Crippen molar-refractivity contribution < 1.29 is 9.59 Å². The first-order valence-corrected chi connectivity index (χ1v) is 11.6. The number of fused-ring (bicyclic) bond motifs is 1. The number of benzene rings is 2. The molecule has 0 saturated heterocycles. The SMILES string of the molecule is C[C@@H]1CC(=O)Nc2ccccc2N1C(=O)CSc1ncc(-c2ccccc2)n1C1CC1. The van der Waals surface area contributed by atoms with Crippen LogP contribution in [0.1, 0.15) is 32.2 Å². The molecule has 1 fully saturated rings. The predicted octanol–water partition coefficient (Wildman–Crippen LogP) is 4.74. The number of imidazole rings is 1. The molecule has 158 valence electrons. The Morgan fingerprint density at radius 2 is 1.87 bits per heavy atom. The van der Waals surface area contributed by atoms with E-state index in [1.165, 1.54) is 11.8 Å². The minimum absolute atomic E-state index is 0.0203. The Balaban J connectivity index is 1.39. The molecule has 1 aliphatic heterocycles. The van der Waals surface area contributed by atoms with Gasteiger partial charge in [0.1, 0.15) is 0 Å². The molecule has 1 N–H and O–H groups in total. The first kappa shape index (κ1) is 19.9. The highest BCUT2D eigenvalue weighted by Gasteiger charge is 2.32. The summed E-state index contributed by atoms with van der Waals surface area (Å²) in [6, 6.07) is 18.0. The second-order valence-electron chi connectivity index (χ2n) is 8.06. The van der Waals surface area contributed by atoms with E-state index in [1.54, 1.807) is 4.90 Å². The predicted molar refractivity (Wildman–Crippen MR) is 123 cm³/mol. The summed E-state index contributed by atoms with van der Waals surface area (Å²) in [6.45, 7) is 1.92. The summed E-state index contributed by atoms with van der Waals surface area (Å²) >= 11 is 1.47. The van der Waals surface area contributed by atoms with Crippen molar-refractivity contribution in [3.8, 4) is 11.3 Å². The molecule has 2 heterocycles. The third kappa shape index (κ3) is 3.97. The first-order valence-electron chi connectivity index (χ1n) is 10.6. The Labute approximate surface area is 185 Å². The molecule has 31 heavy (non-hydrogen) atoms. The van der Waals surface area contributed by atoms with Crippen LogP contribution in [0.5, 0.6) is 0 Å². The summed E-state index contributed by atoms with van der Waals surface area (Å²) in [5.41, 5.74) is 3.67. The Bertz CT molecular complexity index is 1120. The second kappa shape index (κ2) is 8.23. The topological polar surface area (TPSA) is 67.2 Å². The maximum Gasteiger partial charge on any atom is 0.237 e. The highest BCUT2D eigenvalue weighted by atomic mass is 32.2. The van der Waals surface area contributed by atoms with Crippen LogP contribution in [0, 0.1) is 0 Å². The van der Waals surface area contributed by atoms with Gasteiger partial charge in [0.15, 0.2) is 5.16 Å². The fourth-order valence-corrected chi connectivity index (χ4v) is 5.03. The van der Waals surface area contributed by atoms with Crippen molar-refractivity contribution in [3.05, 3.63) is 60.8 Å². The molecule has 0 spiro atoms. The number of hydrogen-bond acceptors (Lipinski definition) is 4. The molecule has 6 nitrogen and oxygen atoms in total. The van der Waals surface area contributed by atoms with E-state index in [2.05, 4.69) is 27.0 Å². The number of nitrogens with zero attached hydrogens (tertiary/aromatic N) is 3. The van der Waals surface area contributed by atoms with E-state index in [-0.39, 0.29) is 30.0 Å². The maximum atomic E-state index is 13.3. The Morgan fingerprint density at radius 1 is 1.13 bits per heavy atom. The van der Waals surface area contributed by atoms with Crippen molar-refractivity contribution in [2.75, 3.05) is 16.0 Å². The summed E-state index contributed by atoms with van der Waals surface area (Å²) in [7, 11) is 0. The van der Waals surface area contributed by atoms with Crippen LogP contribution in [0.3, 0.4) is 0 Å². The smallest absolute Gasteiger partial charge is 0.237 e. The minimum atomic E-state index is -0.209. The third-order valence-corrected chi connectivity index (χ3v) is 6.65.